The molecule has 0 fully saturated rings. The molecule has 0 aliphatic rings. The van der Waals surface area contributed by atoms with Gasteiger partial charge in [0, 0.05) is 10.2 Å². The minimum atomic E-state index is 0.190. The molecule has 0 saturated carbocycles. The molecule has 0 amide bonds. The molecule has 4 N–H and O–H groups in total. The predicted octanol–water partition coefficient (Wildman–Crippen LogP) is 2.75. The van der Waals surface area contributed by atoms with Crippen molar-refractivity contribution >= 4 is 44.5 Å². The molecular formula is C12H11BrN6. The number of aryl methyl sites for hydroxylation is 1. The molecule has 0 unspecified atom stereocenters. The van der Waals surface area contributed by atoms with Crippen molar-refractivity contribution in [2.45, 2.75) is 6.92 Å². The van der Waals surface area contributed by atoms with Crippen LogP contribution >= 0.6 is 15.9 Å². The van der Waals surface area contributed by atoms with Gasteiger partial charge in [-0.2, -0.15) is 9.97 Å². The minimum Gasteiger partial charge on any atom is -0.368 e. The number of nitrogens with zero attached hydrogens (tertiary/aromatic N) is 3. The summed E-state index contributed by atoms with van der Waals surface area (Å²) in [5.41, 5.74) is 9.01. The van der Waals surface area contributed by atoms with Crippen LogP contribution in [0.4, 0.5) is 17.5 Å². The molecule has 0 saturated heterocycles. The van der Waals surface area contributed by atoms with Crippen molar-refractivity contribution in [1.29, 1.82) is 0 Å². The molecular weight excluding hydrogens is 308 g/mol. The summed E-state index contributed by atoms with van der Waals surface area (Å²) in [6.07, 6.45) is 1.57. The molecule has 2 heterocycles. The van der Waals surface area contributed by atoms with Crippen LogP contribution in [0.5, 0.6) is 0 Å². The number of hydrogen-bond donors (Lipinski definition) is 3. The van der Waals surface area contributed by atoms with Crippen molar-refractivity contribution < 1.29 is 0 Å². The molecule has 1 aromatic carbocycles. The first kappa shape index (κ1) is 11.9. The Morgan fingerprint density at radius 2 is 2.16 bits per heavy atom. The zero-order valence-corrected chi connectivity index (χ0v) is 11.7. The molecule has 0 bridgehead atoms. The van der Waals surface area contributed by atoms with Crippen LogP contribution < -0.4 is 11.1 Å². The van der Waals surface area contributed by atoms with Crippen LogP contribution in [0.2, 0.25) is 0 Å². The number of nitrogen functional groups attached to an aromatic ring is 1. The van der Waals surface area contributed by atoms with Crippen molar-refractivity contribution in [2.24, 2.45) is 0 Å². The van der Waals surface area contributed by atoms with Gasteiger partial charge in [0.25, 0.3) is 0 Å². The quantitative estimate of drug-likeness (QED) is 0.675. The Morgan fingerprint density at radius 1 is 1.32 bits per heavy atom. The van der Waals surface area contributed by atoms with Gasteiger partial charge in [0.2, 0.25) is 5.95 Å². The number of halogens is 1. The number of aromatic amines is 1. The Hall–Kier alpha value is -2.15. The lowest BCUT2D eigenvalue weighted by molar-refractivity contribution is 1.21. The molecule has 3 aromatic rings. The van der Waals surface area contributed by atoms with E-state index >= 15 is 0 Å². The monoisotopic (exact) mass is 318 g/mol. The molecule has 7 heteroatoms. The number of aromatic nitrogens is 4. The summed E-state index contributed by atoms with van der Waals surface area (Å²) in [6.45, 7) is 2.02. The number of imidazole rings is 1. The van der Waals surface area contributed by atoms with Crippen LogP contribution in [0.3, 0.4) is 0 Å². The fourth-order valence-electron chi connectivity index (χ4n) is 1.80. The highest BCUT2D eigenvalue weighted by Crippen LogP contribution is 2.26. The lowest BCUT2D eigenvalue weighted by Gasteiger charge is -2.10. The first-order chi connectivity index (χ1) is 9.13. The summed E-state index contributed by atoms with van der Waals surface area (Å²) in [5.74, 6) is 0.802. The maximum Gasteiger partial charge on any atom is 0.224 e. The van der Waals surface area contributed by atoms with Crippen molar-refractivity contribution in [3.8, 4) is 0 Å². The molecule has 0 aliphatic heterocycles. The van der Waals surface area contributed by atoms with Crippen LogP contribution in [0.25, 0.3) is 11.2 Å². The van der Waals surface area contributed by atoms with Crippen molar-refractivity contribution in [1.82, 2.24) is 19.9 Å². The lowest BCUT2D eigenvalue weighted by atomic mass is 10.2. The molecule has 0 aliphatic carbocycles. The van der Waals surface area contributed by atoms with E-state index in [0.29, 0.717) is 11.5 Å². The largest absolute Gasteiger partial charge is 0.368 e. The van der Waals surface area contributed by atoms with Gasteiger partial charge in [0.05, 0.1) is 6.33 Å². The van der Waals surface area contributed by atoms with Crippen molar-refractivity contribution in [2.75, 3.05) is 11.1 Å². The van der Waals surface area contributed by atoms with E-state index in [0.717, 1.165) is 21.2 Å². The average Bonchev–Trinajstić information content (AvgIpc) is 2.82. The van der Waals surface area contributed by atoms with E-state index in [4.69, 9.17) is 5.73 Å². The Balaban J connectivity index is 2.10. The standard InChI is InChI=1S/C12H11BrN6/c1-6-2-3-7(13)4-8(6)17-11-9-10(16-5-15-9)18-12(14)19-11/h2-5H,1H3,(H4,14,15,16,17,18,19). The number of anilines is 3. The van der Waals surface area contributed by atoms with Gasteiger partial charge in [-0.25, -0.2) is 4.98 Å². The van der Waals surface area contributed by atoms with Gasteiger partial charge in [-0.3, -0.25) is 0 Å². The fourth-order valence-corrected chi connectivity index (χ4v) is 2.16. The third kappa shape index (κ3) is 2.24. The second-order valence-corrected chi connectivity index (χ2v) is 5.03. The molecule has 3 rings (SSSR count). The summed E-state index contributed by atoms with van der Waals surface area (Å²) < 4.78 is 0.989. The van der Waals surface area contributed by atoms with Crippen LogP contribution in [-0.2, 0) is 0 Å². The fraction of sp³-hybridized carbons (Fsp3) is 0.0833. The van der Waals surface area contributed by atoms with Gasteiger partial charge in [-0.05, 0) is 24.6 Å². The molecule has 96 valence electrons. The second kappa shape index (κ2) is 4.51. The topological polar surface area (TPSA) is 92.5 Å². The van der Waals surface area contributed by atoms with E-state index in [1.165, 1.54) is 0 Å². The number of nitrogens with one attached hydrogen (secondary N) is 2. The number of H-pyrrole nitrogens is 1. The van der Waals surface area contributed by atoms with E-state index in [1.807, 2.05) is 25.1 Å². The van der Waals surface area contributed by atoms with Gasteiger partial charge < -0.3 is 16.0 Å². The molecule has 0 spiro atoms. The highest BCUT2D eigenvalue weighted by Gasteiger charge is 2.09. The predicted molar refractivity (Wildman–Crippen MR) is 78.3 cm³/mol. The van der Waals surface area contributed by atoms with E-state index < -0.39 is 0 Å². The zero-order chi connectivity index (χ0) is 13.4. The van der Waals surface area contributed by atoms with Gasteiger partial charge in [-0.15, -0.1) is 0 Å². The molecule has 2 aromatic heterocycles. The Morgan fingerprint density at radius 3 is 3.00 bits per heavy atom. The number of nitrogens with two attached hydrogens (primary N) is 1. The first-order valence-corrected chi connectivity index (χ1v) is 6.42. The van der Waals surface area contributed by atoms with Crippen LogP contribution in [-0.4, -0.2) is 19.9 Å². The third-order valence-corrected chi connectivity index (χ3v) is 3.25. The summed E-state index contributed by atoms with van der Waals surface area (Å²) in [7, 11) is 0. The Labute approximate surface area is 117 Å². The summed E-state index contributed by atoms with van der Waals surface area (Å²) in [4.78, 5) is 15.4. The highest BCUT2D eigenvalue weighted by atomic mass is 79.9. The van der Waals surface area contributed by atoms with Gasteiger partial charge in [0.15, 0.2) is 11.5 Å². The normalized spacial score (nSPS) is 10.8. The number of hydrogen-bond acceptors (Lipinski definition) is 5. The summed E-state index contributed by atoms with van der Waals surface area (Å²) in [5, 5.41) is 3.25. The van der Waals surface area contributed by atoms with E-state index in [1.54, 1.807) is 6.33 Å². The molecule has 6 nitrogen and oxygen atoms in total. The molecule has 19 heavy (non-hydrogen) atoms. The second-order valence-electron chi connectivity index (χ2n) is 4.12. The first-order valence-electron chi connectivity index (χ1n) is 5.63. The van der Waals surface area contributed by atoms with Gasteiger partial charge in [0.1, 0.15) is 5.52 Å². The highest BCUT2D eigenvalue weighted by molar-refractivity contribution is 9.10. The van der Waals surface area contributed by atoms with E-state index in [-0.39, 0.29) is 5.95 Å². The minimum absolute atomic E-state index is 0.190. The number of fused-ring (bicyclic) bond motifs is 1. The summed E-state index contributed by atoms with van der Waals surface area (Å²) in [6, 6.07) is 5.98. The Bertz CT molecular complexity index is 751. The average molecular weight is 319 g/mol. The molecule has 0 atom stereocenters. The van der Waals surface area contributed by atoms with Crippen molar-refractivity contribution in [3.63, 3.8) is 0 Å². The van der Waals surface area contributed by atoms with Crippen LogP contribution in [0.1, 0.15) is 5.56 Å². The smallest absolute Gasteiger partial charge is 0.224 e. The SMILES string of the molecule is Cc1ccc(Br)cc1Nc1nc(N)nc2nc[nH]c12. The van der Waals surface area contributed by atoms with Gasteiger partial charge >= 0.3 is 0 Å². The van der Waals surface area contributed by atoms with E-state index in [2.05, 4.69) is 41.2 Å². The van der Waals surface area contributed by atoms with E-state index in [9.17, 15) is 0 Å². The van der Waals surface area contributed by atoms with Gasteiger partial charge in [-0.1, -0.05) is 22.0 Å². The zero-order valence-electron chi connectivity index (χ0n) is 10.1. The van der Waals surface area contributed by atoms with Crippen LogP contribution in [0.15, 0.2) is 29.0 Å². The third-order valence-electron chi connectivity index (χ3n) is 2.76. The van der Waals surface area contributed by atoms with Crippen molar-refractivity contribution in [3.05, 3.63) is 34.6 Å². The maximum absolute atomic E-state index is 5.68. The Kier molecular flexibility index (Phi) is 2.83. The summed E-state index contributed by atoms with van der Waals surface area (Å²) >= 11 is 3.45. The maximum atomic E-state index is 5.68. The molecule has 0 radical (unpaired) electrons. The van der Waals surface area contributed by atoms with Crippen LogP contribution in [0, 0.1) is 6.92 Å². The number of rotatable bonds is 2. The lowest BCUT2D eigenvalue weighted by Crippen LogP contribution is -2.02. The number of benzene rings is 1.